The number of carboxylic acids is 1. The van der Waals surface area contributed by atoms with Gasteiger partial charge < -0.3 is 19.5 Å². The summed E-state index contributed by atoms with van der Waals surface area (Å²) in [5, 5.41) is 10.8. The first-order valence-electron chi connectivity index (χ1n) is 12.2. The summed E-state index contributed by atoms with van der Waals surface area (Å²) in [6.07, 6.45) is 11.4. The van der Waals surface area contributed by atoms with Crippen molar-refractivity contribution in [2.24, 2.45) is 0 Å². The molecule has 2 aromatic rings. The molecule has 174 valence electrons. The Morgan fingerprint density at radius 1 is 1.12 bits per heavy atom. The number of likely N-dealkylation sites (N-methyl/N-ethyl adjacent to an activating group) is 1. The normalized spacial score (nSPS) is 19.2. The number of carboxylic acid groups (broad SMARTS) is 1. The van der Waals surface area contributed by atoms with E-state index in [1.54, 1.807) is 12.1 Å². The van der Waals surface area contributed by atoms with Crippen molar-refractivity contribution in [3.05, 3.63) is 52.7 Å². The zero-order valence-electron chi connectivity index (χ0n) is 19.6. The van der Waals surface area contributed by atoms with Crippen molar-refractivity contribution in [1.82, 2.24) is 14.4 Å². The molecule has 5 rings (SSSR count). The van der Waals surface area contributed by atoms with Gasteiger partial charge in [0.15, 0.2) is 0 Å². The Morgan fingerprint density at radius 2 is 1.88 bits per heavy atom. The summed E-state index contributed by atoms with van der Waals surface area (Å²) in [6, 6.07) is 5.46. The summed E-state index contributed by atoms with van der Waals surface area (Å²) in [6.45, 7) is 2.39. The minimum Gasteiger partial charge on any atom is -0.478 e. The van der Waals surface area contributed by atoms with Crippen molar-refractivity contribution in [2.45, 2.75) is 51.0 Å². The quantitative estimate of drug-likeness (QED) is 0.733. The van der Waals surface area contributed by atoms with Crippen molar-refractivity contribution in [2.75, 3.05) is 33.7 Å². The number of allylic oxidation sites excluding steroid dienone is 2. The van der Waals surface area contributed by atoms with Gasteiger partial charge in [-0.2, -0.15) is 0 Å². The molecular formula is C27H33N3O3. The van der Waals surface area contributed by atoms with Crippen molar-refractivity contribution >= 4 is 28.4 Å². The molecule has 0 saturated heterocycles. The smallest absolute Gasteiger partial charge is 0.335 e. The third kappa shape index (κ3) is 4.01. The number of benzene rings is 1. The number of hydrogen-bond donors (Lipinski definition) is 1. The van der Waals surface area contributed by atoms with Crippen LogP contribution >= 0.6 is 0 Å². The Hall–Kier alpha value is -2.86. The molecule has 1 N–H and O–H groups in total. The van der Waals surface area contributed by atoms with E-state index in [9.17, 15) is 14.7 Å². The zero-order chi connectivity index (χ0) is 23.1. The number of aromatic carboxylic acids is 1. The Kier molecular flexibility index (Phi) is 5.87. The van der Waals surface area contributed by atoms with E-state index < -0.39 is 5.97 Å². The number of carbonyl (C=O) groups is 2. The molecule has 1 fully saturated rings. The summed E-state index contributed by atoms with van der Waals surface area (Å²) < 4.78 is 2.13. The van der Waals surface area contributed by atoms with Crippen LogP contribution in [0.4, 0.5) is 0 Å². The van der Waals surface area contributed by atoms with Crippen LogP contribution in [0.5, 0.6) is 0 Å². The molecule has 6 heteroatoms. The largest absolute Gasteiger partial charge is 0.478 e. The maximum absolute atomic E-state index is 13.5. The molecule has 1 aromatic heterocycles. The summed E-state index contributed by atoms with van der Waals surface area (Å²) in [5.41, 5.74) is 6.11. The monoisotopic (exact) mass is 447 g/mol. The highest BCUT2D eigenvalue weighted by Crippen LogP contribution is 2.46. The first-order chi connectivity index (χ1) is 15.9. The molecule has 1 amide bonds. The Morgan fingerprint density at radius 3 is 2.61 bits per heavy atom. The second kappa shape index (κ2) is 8.82. The van der Waals surface area contributed by atoms with E-state index in [0.717, 1.165) is 48.8 Å². The molecule has 2 heterocycles. The van der Waals surface area contributed by atoms with Gasteiger partial charge in [0, 0.05) is 25.0 Å². The van der Waals surface area contributed by atoms with Crippen LogP contribution in [0.25, 0.3) is 16.5 Å². The van der Waals surface area contributed by atoms with Crippen molar-refractivity contribution in [3.63, 3.8) is 0 Å². The van der Waals surface area contributed by atoms with Gasteiger partial charge in [-0.1, -0.05) is 31.1 Å². The highest BCUT2D eigenvalue weighted by molar-refractivity contribution is 6.00. The number of nitrogens with zero attached hydrogens (tertiary/aromatic N) is 3. The van der Waals surface area contributed by atoms with E-state index in [-0.39, 0.29) is 18.0 Å². The number of hydrogen-bond acceptors (Lipinski definition) is 3. The van der Waals surface area contributed by atoms with Crippen molar-refractivity contribution < 1.29 is 14.7 Å². The van der Waals surface area contributed by atoms with Gasteiger partial charge in [0.25, 0.3) is 0 Å². The van der Waals surface area contributed by atoms with E-state index >= 15 is 0 Å². The molecular weight excluding hydrogens is 414 g/mol. The SMILES string of the molecule is CN(C)CCN1CC2=CCCC=C2c2c(C3CCCC3)c3ccc(C(=O)O)cc3n2CC1=O. The standard InChI is InChI=1S/C27H33N3O3/c1-28(2)13-14-29-16-20-9-5-6-10-21(20)26-25(18-7-3-4-8-18)22-12-11-19(27(32)33)15-23(22)30(26)17-24(29)31/h9-12,15,18H,3-8,13-14,16-17H2,1-2H3,(H,32,33). The van der Waals surface area contributed by atoms with Gasteiger partial charge >= 0.3 is 5.97 Å². The minimum atomic E-state index is -0.933. The summed E-state index contributed by atoms with van der Waals surface area (Å²) >= 11 is 0. The molecule has 1 aromatic carbocycles. The van der Waals surface area contributed by atoms with Crippen LogP contribution in [0.2, 0.25) is 0 Å². The molecule has 3 aliphatic rings. The summed E-state index contributed by atoms with van der Waals surface area (Å²) in [5.74, 6) is -0.376. The number of rotatable bonds is 5. The lowest BCUT2D eigenvalue weighted by molar-refractivity contribution is -0.131. The minimum absolute atomic E-state index is 0.0965. The van der Waals surface area contributed by atoms with Crippen LogP contribution in [-0.4, -0.2) is 65.1 Å². The fraction of sp³-hybridized carbons (Fsp3) is 0.481. The average molecular weight is 448 g/mol. The van der Waals surface area contributed by atoms with Crippen LogP contribution < -0.4 is 0 Å². The van der Waals surface area contributed by atoms with Gasteiger partial charge in [-0.15, -0.1) is 0 Å². The molecule has 6 nitrogen and oxygen atoms in total. The summed E-state index contributed by atoms with van der Waals surface area (Å²) in [7, 11) is 4.05. The van der Waals surface area contributed by atoms with E-state index in [0.29, 0.717) is 19.0 Å². The molecule has 0 atom stereocenters. The van der Waals surface area contributed by atoms with E-state index in [1.165, 1.54) is 29.6 Å². The fourth-order valence-electron chi connectivity index (χ4n) is 5.77. The van der Waals surface area contributed by atoms with Crippen molar-refractivity contribution in [1.29, 1.82) is 0 Å². The lowest BCUT2D eigenvalue weighted by Crippen LogP contribution is -2.41. The van der Waals surface area contributed by atoms with E-state index in [4.69, 9.17) is 0 Å². The molecule has 2 aliphatic carbocycles. The van der Waals surface area contributed by atoms with Crippen LogP contribution in [0.3, 0.4) is 0 Å². The third-order valence-electron chi connectivity index (χ3n) is 7.45. The molecule has 1 saturated carbocycles. The van der Waals surface area contributed by atoms with Gasteiger partial charge in [-0.25, -0.2) is 4.79 Å². The molecule has 0 spiro atoms. The third-order valence-corrected chi connectivity index (χ3v) is 7.45. The Labute approximate surface area is 195 Å². The van der Waals surface area contributed by atoms with E-state index in [2.05, 4.69) is 21.6 Å². The highest BCUT2D eigenvalue weighted by Gasteiger charge is 2.33. The second-order valence-electron chi connectivity index (χ2n) is 9.91. The van der Waals surface area contributed by atoms with Gasteiger partial charge in [0.2, 0.25) is 5.91 Å². The van der Waals surface area contributed by atoms with Crippen LogP contribution in [0.1, 0.15) is 66.1 Å². The van der Waals surface area contributed by atoms with Gasteiger partial charge in [-0.3, -0.25) is 4.79 Å². The average Bonchev–Trinajstić information content (AvgIpc) is 3.41. The molecule has 0 bridgehead atoms. The lowest BCUT2D eigenvalue weighted by atomic mass is 9.86. The topological polar surface area (TPSA) is 65.8 Å². The fourth-order valence-corrected chi connectivity index (χ4v) is 5.77. The van der Waals surface area contributed by atoms with Gasteiger partial charge in [0.1, 0.15) is 6.54 Å². The van der Waals surface area contributed by atoms with E-state index in [1.807, 2.05) is 25.1 Å². The zero-order valence-corrected chi connectivity index (χ0v) is 19.6. The van der Waals surface area contributed by atoms with Gasteiger partial charge in [0.05, 0.1) is 16.8 Å². The maximum Gasteiger partial charge on any atom is 0.335 e. The number of amides is 1. The number of carbonyl (C=O) groups excluding carboxylic acids is 1. The van der Waals surface area contributed by atoms with Crippen LogP contribution in [-0.2, 0) is 11.3 Å². The van der Waals surface area contributed by atoms with Gasteiger partial charge in [-0.05, 0) is 74.5 Å². The number of aromatic nitrogens is 1. The van der Waals surface area contributed by atoms with Crippen LogP contribution in [0, 0.1) is 0 Å². The molecule has 0 unspecified atom stereocenters. The Balaban J connectivity index is 1.73. The first kappa shape index (κ1) is 22.0. The Bertz CT molecular complexity index is 1160. The number of fused-ring (bicyclic) bond motifs is 5. The van der Waals surface area contributed by atoms with Crippen LogP contribution in [0.15, 0.2) is 35.9 Å². The lowest BCUT2D eigenvalue weighted by Gasteiger charge is -2.32. The maximum atomic E-state index is 13.5. The highest BCUT2D eigenvalue weighted by atomic mass is 16.4. The van der Waals surface area contributed by atoms with Crippen molar-refractivity contribution in [3.8, 4) is 0 Å². The molecule has 1 aliphatic heterocycles. The summed E-state index contributed by atoms with van der Waals surface area (Å²) in [4.78, 5) is 29.4. The molecule has 33 heavy (non-hydrogen) atoms. The predicted molar refractivity (Wildman–Crippen MR) is 131 cm³/mol. The first-order valence-corrected chi connectivity index (χ1v) is 12.2. The second-order valence-corrected chi connectivity index (χ2v) is 9.91. The predicted octanol–water partition coefficient (Wildman–Crippen LogP) is 4.50. The molecule has 0 radical (unpaired) electrons.